The minimum absolute atomic E-state index is 0.0638. The van der Waals surface area contributed by atoms with Gasteiger partial charge in [-0.2, -0.15) is 26.3 Å². The van der Waals surface area contributed by atoms with Crippen molar-refractivity contribution in [2.45, 2.75) is 69.9 Å². The Labute approximate surface area is 252 Å². The Hall–Kier alpha value is -2.79. The minimum Gasteiger partial charge on any atom is -0.490 e. The van der Waals surface area contributed by atoms with E-state index in [9.17, 15) is 36.2 Å². The number of piperidine rings is 1. The first-order valence-electron chi connectivity index (χ1n) is 15.3. The summed E-state index contributed by atoms with van der Waals surface area (Å²) in [7, 11) is 0. The number of alkyl halides is 6. The quantitative estimate of drug-likeness (QED) is 0.322. The number of aliphatic carboxylic acids is 1. The van der Waals surface area contributed by atoms with Gasteiger partial charge >= 0.3 is 18.3 Å². The standard InChI is InChI=1S/C33H37F6NO4/c1-17(31(41)42)29(20-4-5-20)21-6-3-19-7-10-27(44-28(19)11-21)30-22-13-40(14-23(30)16-43-15-22)18(2)25-12-24(32(34,35)36)8-9-26(25)33(37,38)39/h3,6,8-9,11-12,17-18,20,22-23,27,29-30H,4-5,7,10,13-16H2,1-2H3,(H,41,42)/t17-,18-,22?,23?,27?,29?,30?/m0/s1. The molecule has 2 aromatic rings. The van der Waals surface area contributed by atoms with E-state index >= 15 is 0 Å². The van der Waals surface area contributed by atoms with E-state index < -0.39 is 41.4 Å². The molecule has 44 heavy (non-hydrogen) atoms. The van der Waals surface area contributed by atoms with Crippen LogP contribution in [0.4, 0.5) is 26.3 Å². The topological polar surface area (TPSA) is 59.0 Å². The molecule has 3 heterocycles. The Bertz CT molecular complexity index is 1380. The highest BCUT2D eigenvalue weighted by molar-refractivity contribution is 5.71. The second-order valence-corrected chi connectivity index (χ2v) is 13.1. The van der Waals surface area contributed by atoms with Crippen molar-refractivity contribution in [3.63, 3.8) is 0 Å². The predicted molar refractivity (Wildman–Crippen MR) is 149 cm³/mol. The highest BCUT2D eigenvalue weighted by atomic mass is 19.4. The molecule has 1 aliphatic carbocycles. The summed E-state index contributed by atoms with van der Waals surface area (Å²) in [5.41, 5.74) is -0.483. The van der Waals surface area contributed by atoms with Crippen LogP contribution in [0.3, 0.4) is 0 Å². The number of hydrogen-bond acceptors (Lipinski definition) is 4. The number of carboxylic acids is 1. The second-order valence-electron chi connectivity index (χ2n) is 13.1. The number of hydrogen-bond donors (Lipinski definition) is 1. The molecule has 0 spiro atoms. The van der Waals surface area contributed by atoms with E-state index in [4.69, 9.17) is 9.47 Å². The molecule has 4 unspecified atom stereocenters. The van der Waals surface area contributed by atoms with Gasteiger partial charge in [-0.3, -0.25) is 9.69 Å². The van der Waals surface area contributed by atoms with E-state index in [2.05, 4.69) is 0 Å². The number of likely N-dealkylation sites (tertiary alicyclic amines) is 1. The fourth-order valence-electron chi connectivity index (χ4n) is 7.93. The molecule has 2 bridgehead atoms. The highest BCUT2D eigenvalue weighted by Gasteiger charge is 2.48. The van der Waals surface area contributed by atoms with E-state index in [1.54, 1.807) is 13.8 Å². The van der Waals surface area contributed by atoms with Gasteiger partial charge in [0.1, 0.15) is 11.9 Å². The number of rotatable bonds is 7. The Morgan fingerprint density at radius 3 is 2.20 bits per heavy atom. The molecule has 1 N–H and O–H groups in total. The van der Waals surface area contributed by atoms with Crippen LogP contribution in [0, 0.1) is 29.6 Å². The maximum atomic E-state index is 13.9. The van der Waals surface area contributed by atoms with Gasteiger partial charge in [-0.15, -0.1) is 0 Å². The SMILES string of the molecule is C[C@H](C(=O)O)C(c1ccc2c(c1)OC(C1C3COCC1CN([C@@H](C)c1cc(C(F)(F)F)ccc1C(F)(F)F)C3)CC2)C1CC1. The molecule has 5 nitrogen and oxygen atoms in total. The molecular weight excluding hydrogens is 588 g/mol. The van der Waals surface area contributed by atoms with Gasteiger partial charge in [0.25, 0.3) is 0 Å². The number of carbonyl (C=O) groups is 1. The minimum atomic E-state index is -4.78. The van der Waals surface area contributed by atoms with Crippen molar-refractivity contribution in [3.05, 3.63) is 64.2 Å². The normalized spacial score (nSPS) is 28.0. The van der Waals surface area contributed by atoms with E-state index in [1.165, 1.54) is 0 Å². The molecule has 1 saturated carbocycles. The van der Waals surface area contributed by atoms with Crippen LogP contribution in [0.15, 0.2) is 36.4 Å². The maximum Gasteiger partial charge on any atom is 0.416 e. The lowest BCUT2D eigenvalue weighted by molar-refractivity contribution is -0.143. The molecule has 3 fully saturated rings. The van der Waals surface area contributed by atoms with Gasteiger partial charge in [-0.05, 0) is 85.4 Å². The van der Waals surface area contributed by atoms with Gasteiger partial charge in [-0.1, -0.05) is 19.1 Å². The summed E-state index contributed by atoms with van der Waals surface area (Å²) in [6.07, 6.45) is -6.11. The first-order valence-corrected chi connectivity index (χ1v) is 15.3. The summed E-state index contributed by atoms with van der Waals surface area (Å²) < 4.78 is 94.7. The van der Waals surface area contributed by atoms with Crippen molar-refractivity contribution in [1.82, 2.24) is 4.90 Å². The van der Waals surface area contributed by atoms with Crippen molar-refractivity contribution < 1.29 is 45.7 Å². The van der Waals surface area contributed by atoms with Crippen LogP contribution < -0.4 is 4.74 Å². The Balaban J connectivity index is 1.22. The molecule has 4 aliphatic rings. The smallest absolute Gasteiger partial charge is 0.416 e. The zero-order valence-electron chi connectivity index (χ0n) is 24.6. The van der Waals surface area contributed by atoms with Crippen LogP contribution in [0.2, 0.25) is 0 Å². The fraction of sp³-hybridized carbons (Fsp3) is 0.606. The van der Waals surface area contributed by atoms with Gasteiger partial charge in [-0.25, -0.2) is 0 Å². The molecule has 0 aromatic heterocycles. The van der Waals surface area contributed by atoms with Gasteiger partial charge in [0.05, 0.1) is 30.3 Å². The summed E-state index contributed by atoms with van der Waals surface area (Å²) in [6, 6.07) is 6.85. The van der Waals surface area contributed by atoms with Crippen LogP contribution in [0.5, 0.6) is 5.75 Å². The third-order valence-electron chi connectivity index (χ3n) is 10.3. The molecule has 3 aliphatic heterocycles. The van der Waals surface area contributed by atoms with Crippen molar-refractivity contribution >= 4 is 5.97 Å². The van der Waals surface area contributed by atoms with Crippen molar-refractivity contribution in [1.29, 1.82) is 0 Å². The highest BCUT2D eigenvalue weighted by Crippen LogP contribution is 2.49. The van der Waals surface area contributed by atoms with Crippen molar-refractivity contribution in [3.8, 4) is 5.75 Å². The lowest BCUT2D eigenvalue weighted by Gasteiger charge is -2.51. The lowest BCUT2D eigenvalue weighted by atomic mass is 9.71. The van der Waals surface area contributed by atoms with Gasteiger partial charge in [0, 0.05) is 36.9 Å². The molecule has 6 rings (SSSR count). The number of fused-ring (bicyclic) bond motifs is 3. The van der Waals surface area contributed by atoms with Crippen LogP contribution in [-0.4, -0.2) is 48.4 Å². The summed E-state index contributed by atoms with van der Waals surface area (Å²) in [4.78, 5) is 13.7. The average Bonchev–Trinajstić information content (AvgIpc) is 3.79. The summed E-state index contributed by atoms with van der Waals surface area (Å²) in [5, 5.41) is 9.72. The number of ether oxygens (including phenoxy) is 2. The largest absolute Gasteiger partial charge is 0.490 e. The van der Waals surface area contributed by atoms with E-state index in [0.29, 0.717) is 50.4 Å². The van der Waals surface area contributed by atoms with E-state index in [0.717, 1.165) is 42.6 Å². The molecule has 2 saturated heterocycles. The van der Waals surface area contributed by atoms with Crippen LogP contribution >= 0.6 is 0 Å². The summed E-state index contributed by atoms with van der Waals surface area (Å²) >= 11 is 0. The Morgan fingerprint density at radius 1 is 0.932 bits per heavy atom. The molecule has 0 amide bonds. The van der Waals surface area contributed by atoms with Crippen molar-refractivity contribution in [2.75, 3.05) is 26.3 Å². The summed E-state index contributed by atoms with van der Waals surface area (Å²) in [6.45, 7) is 4.84. The van der Waals surface area contributed by atoms with Crippen LogP contribution in [0.25, 0.3) is 0 Å². The fourth-order valence-corrected chi connectivity index (χ4v) is 7.93. The third-order valence-corrected chi connectivity index (χ3v) is 10.3. The van der Waals surface area contributed by atoms with Gasteiger partial charge < -0.3 is 14.6 Å². The number of nitrogens with zero attached hydrogens (tertiary/aromatic N) is 1. The Kier molecular flexibility index (Phi) is 8.18. The molecule has 6 atom stereocenters. The number of benzene rings is 2. The number of halogens is 6. The molecule has 11 heteroatoms. The van der Waals surface area contributed by atoms with Crippen LogP contribution in [0.1, 0.15) is 72.9 Å². The third kappa shape index (κ3) is 6.06. The lowest BCUT2D eigenvalue weighted by Crippen LogP contribution is -2.57. The van der Waals surface area contributed by atoms with Crippen molar-refractivity contribution in [2.24, 2.45) is 29.6 Å². The molecule has 0 radical (unpaired) electrons. The second kappa shape index (κ2) is 11.5. The maximum absolute atomic E-state index is 13.9. The van der Waals surface area contributed by atoms with E-state index in [-0.39, 0.29) is 35.3 Å². The van der Waals surface area contributed by atoms with Crippen LogP contribution in [-0.2, 0) is 28.3 Å². The average molecular weight is 626 g/mol. The molecular formula is C33H37F6NO4. The monoisotopic (exact) mass is 625 g/mol. The number of aryl methyl sites for hydroxylation is 1. The zero-order chi connectivity index (χ0) is 31.6. The Morgan fingerprint density at radius 2 is 1.61 bits per heavy atom. The zero-order valence-corrected chi connectivity index (χ0v) is 24.6. The van der Waals surface area contributed by atoms with Gasteiger partial charge in [0.2, 0.25) is 0 Å². The van der Waals surface area contributed by atoms with E-state index in [1.807, 2.05) is 23.1 Å². The number of carboxylic acid groups (broad SMARTS) is 1. The first-order chi connectivity index (χ1) is 20.7. The molecule has 2 aromatic carbocycles. The van der Waals surface area contributed by atoms with Gasteiger partial charge in [0.15, 0.2) is 0 Å². The first kappa shape index (κ1) is 31.2. The molecule has 240 valence electrons. The summed E-state index contributed by atoms with van der Waals surface area (Å²) in [5.74, 6) is -0.373. The predicted octanol–water partition coefficient (Wildman–Crippen LogP) is 7.59.